The van der Waals surface area contributed by atoms with E-state index in [0.717, 1.165) is 0 Å². The summed E-state index contributed by atoms with van der Waals surface area (Å²) in [6.07, 6.45) is -20.6. The van der Waals surface area contributed by atoms with Crippen molar-refractivity contribution in [3.05, 3.63) is 10.7 Å². The molecule has 1 fully saturated rings. The molecular formula is C16H19F9N2O3S2. The molecule has 32 heavy (non-hydrogen) atoms. The highest BCUT2D eigenvalue weighted by Gasteiger charge is 2.73. The van der Waals surface area contributed by atoms with Crippen molar-refractivity contribution < 1.29 is 53.0 Å². The number of sulfonamides is 1. The molecule has 186 valence electrons. The Morgan fingerprint density at radius 3 is 1.78 bits per heavy atom. The first-order valence-electron chi connectivity index (χ1n) is 9.10. The SMILES string of the molecule is Cc1nc(C)c(S(=O)(=O)N(CC(F)(F)F)C2CCC(C(O)(C(F)(F)F)C(F)(F)F)CC2)s1. The van der Waals surface area contributed by atoms with Crippen LogP contribution in [0.2, 0.25) is 0 Å². The molecule has 5 nitrogen and oxygen atoms in total. The van der Waals surface area contributed by atoms with E-state index in [2.05, 4.69) is 4.98 Å². The maximum absolute atomic E-state index is 13.1. The highest BCUT2D eigenvalue weighted by molar-refractivity contribution is 7.91. The van der Waals surface area contributed by atoms with E-state index in [0.29, 0.717) is 11.3 Å². The number of aliphatic hydroxyl groups is 1. The molecule has 1 aromatic rings. The number of nitrogens with zero attached hydrogens (tertiary/aromatic N) is 2. The first-order valence-corrected chi connectivity index (χ1v) is 11.4. The number of hydrogen-bond donors (Lipinski definition) is 1. The molecule has 0 radical (unpaired) electrons. The second kappa shape index (κ2) is 8.58. The number of aryl methyl sites for hydroxylation is 2. The fraction of sp³-hybridized carbons (Fsp3) is 0.812. The molecule has 0 amide bonds. The maximum atomic E-state index is 13.1. The van der Waals surface area contributed by atoms with Crippen molar-refractivity contribution in [3.63, 3.8) is 0 Å². The van der Waals surface area contributed by atoms with E-state index in [1.54, 1.807) is 0 Å². The van der Waals surface area contributed by atoms with Crippen molar-refractivity contribution in [1.82, 2.24) is 9.29 Å². The minimum atomic E-state index is -6.07. The highest BCUT2D eigenvalue weighted by Crippen LogP contribution is 2.52. The lowest BCUT2D eigenvalue weighted by Gasteiger charge is -2.43. The van der Waals surface area contributed by atoms with Crippen LogP contribution in [0.5, 0.6) is 0 Å². The van der Waals surface area contributed by atoms with E-state index in [1.165, 1.54) is 13.8 Å². The van der Waals surface area contributed by atoms with E-state index in [9.17, 15) is 53.0 Å². The summed E-state index contributed by atoms with van der Waals surface area (Å²) in [6, 6.07) is -1.51. The third-order valence-electron chi connectivity index (χ3n) is 5.30. The Bertz CT molecular complexity index is 901. The molecule has 1 aliphatic carbocycles. The fourth-order valence-electron chi connectivity index (χ4n) is 3.85. The topological polar surface area (TPSA) is 70.5 Å². The molecule has 1 aliphatic rings. The monoisotopic (exact) mass is 522 g/mol. The van der Waals surface area contributed by atoms with Crippen LogP contribution in [0.4, 0.5) is 39.5 Å². The summed E-state index contributed by atoms with van der Waals surface area (Å²) < 4.78 is 143. The average Bonchev–Trinajstić information content (AvgIpc) is 2.95. The van der Waals surface area contributed by atoms with Crippen molar-refractivity contribution in [3.8, 4) is 0 Å². The van der Waals surface area contributed by atoms with E-state index in [-0.39, 0.29) is 15.0 Å². The van der Waals surface area contributed by atoms with E-state index >= 15 is 0 Å². The molecule has 1 aromatic heterocycles. The van der Waals surface area contributed by atoms with Crippen molar-refractivity contribution in [1.29, 1.82) is 0 Å². The van der Waals surface area contributed by atoms with Crippen molar-refractivity contribution in [2.75, 3.05) is 6.54 Å². The predicted molar refractivity (Wildman–Crippen MR) is 94.3 cm³/mol. The van der Waals surface area contributed by atoms with E-state index < -0.39 is 82.6 Å². The molecule has 1 saturated carbocycles. The fourth-order valence-corrected chi connectivity index (χ4v) is 7.12. The molecule has 0 aromatic carbocycles. The largest absolute Gasteiger partial charge is 0.426 e. The minimum absolute atomic E-state index is 0.0589. The molecule has 1 heterocycles. The molecule has 0 bridgehead atoms. The third kappa shape index (κ3) is 5.17. The van der Waals surface area contributed by atoms with Gasteiger partial charge >= 0.3 is 18.5 Å². The van der Waals surface area contributed by atoms with Crippen LogP contribution in [0.15, 0.2) is 4.21 Å². The second-order valence-corrected chi connectivity index (χ2v) is 10.8. The van der Waals surface area contributed by atoms with Gasteiger partial charge in [-0.25, -0.2) is 13.4 Å². The van der Waals surface area contributed by atoms with Crippen LogP contribution >= 0.6 is 11.3 Å². The van der Waals surface area contributed by atoms with Gasteiger partial charge in [0.2, 0.25) is 0 Å². The van der Waals surface area contributed by atoms with Gasteiger partial charge in [-0.15, -0.1) is 11.3 Å². The van der Waals surface area contributed by atoms with Crippen molar-refractivity contribution in [2.45, 2.75) is 73.9 Å². The van der Waals surface area contributed by atoms with E-state index in [4.69, 9.17) is 0 Å². The minimum Gasteiger partial charge on any atom is -0.373 e. The lowest BCUT2D eigenvalue weighted by atomic mass is 9.74. The van der Waals surface area contributed by atoms with Crippen LogP contribution in [0.25, 0.3) is 0 Å². The Morgan fingerprint density at radius 1 is 0.969 bits per heavy atom. The summed E-state index contributed by atoms with van der Waals surface area (Å²) >= 11 is 0.606. The van der Waals surface area contributed by atoms with Crippen LogP contribution in [-0.2, 0) is 10.0 Å². The first kappa shape index (κ1) is 27.1. The van der Waals surface area contributed by atoms with Crippen LogP contribution in [-0.4, -0.2) is 59.5 Å². The van der Waals surface area contributed by atoms with Crippen LogP contribution in [0.1, 0.15) is 36.4 Å². The van der Waals surface area contributed by atoms with Gasteiger partial charge in [-0.2, -0.15) is 43.8 Å². The first-order chi connectivity index (χ1) is 14.2. The van der Waals surface area contributed by atoms with Crippen molar-refractivity contribution in [2.24, 2.45) is 5.92 Å². The standard InChI is InChI=1S/C16H19F9N2O3S2/c1-8-12(31-9(2)26-8)32(29,30)27(7-13(17,18)19)11-5-3-10(4-6-11)14(28,15(20,21)22)16(23,24)25/h10-11,28H,3-7H2,1-2H3. The number of hydrogen-bond acceptors (Lipinski definition) is 5. The van der Waals surface area contributed by atoms with Gasteiger partial charge in [-0.1, -0.05) is 0 Å². The number of halogens is 9. The maximum Gasteiger partial charge on any atom is 0.426 e. The third-order valence-corrected chi connectivity index (χ3v) is 8.86. The molecule has 0 aliphatic heterocycles. The normalized spacial score (nSPS) is 21.9. The van der Waals surface area contributed by atoms with Crippen LogP contribution < -0.4 is 0 Å². The quantitative estimate of drug-likeness (QED) is 0.568. The summed E-state index contributed by atoms with van der Waals surface area (Å²) in [6.45, 7) is 0.709. The Labute approximate surface area is 181 Å². The second-order valence-electron chi connectivity index (χ2n) is 7.54. The number of thiazole rings is 1. The summed E-state index contributed by atoms with van der Waals surface area (Å²) in [5.74, 6) is -2.39. The molecule has 1 N–H and O–H groups in total. The highest BCUT2D eigenvalue weighted by atomic mass is 32.2. The summed E-state index contributed by atoms with van der Waals surface area (Å²) in [5, 5.41) is 9.78. The Kier molecular flexibility index (Phi) is 7.27. The van der Waals surface area contributed by atoms with Gasteiger partial charge in [-0.05, 0) is 39.5 Å². The van der Waals surface area contributed by atoms with E-state index in [1.807, 2.05) is 0 Å². The summed E-state index contributed by atoms with van der Waals surface area (Å²) in [5.41, 5.74) is -5.12. The predicted octanol–water partition coefficient (Wildman–Crippen LogP) is 4.73. The average molecular weight is 522 g/mol. The molecule has 0 unspecified atom stereocenters. The van der Waals surface area contributed by atoms with Crippen LogP contribution in [0, 0.1) is 19.8 Å². The number of alkyl halides is 9. The van der Waals surface area contributed by atoms with Crippen molar-refractivity contribution >= 4 is 21.4 Å². The lowest BCUT2D eigenvalue weighted by Crippen LogP contribution is -2.62. The van der Waals surface area contributed by atoms with Gasteiger partial charge in [0.1, 0.15) is 6.54 Å². The lowest BCUT2D eigenvalue weighted by molar-refractivity contribution is -0.387. The summed E-state index contributed by atoms with van der Waals surface area (Å²) in [7, 11) is -4.79. The van der Waals surface area contributed by atoms with Gasteiger partial charge in [0.25, 0.3) is 15.6 Å². The smallest absolute Gasteiger partial charge is 0.373 e. The summed E-state index contributed by atoms with van der Waals surface area (Å²) in [4.78, 5) is 3.85. The zero-order valence-electron chi connectivity index (χ0n) is 16.6. The molecular weight excluding hydrogens is 503 g/mol. The molecule has 16 heteroatoms. The Balaban J connectivity index is 2.37. The zero-order chi connectivity index (χ0) is 24.9. The molecule has 0 atom stereocenters. The van der Waals surface area contributed by atoms with Gasteiger partial charge < -0.3 is 5.11 Å². The van der Waals surface area contributed by atoms with Crippen LogP contribution in [0.3, 0.4) is 0 Å². The molecule has 0 spiro atoms. The number of rotatable bonds is 5. The zero-order valence-corrected chi connectivity index (χ0v) is 18.2. The Morgan fingerprint density at radius 2 is 1.44 bits per heavy atom. The molecule has 0 saturated heterocycles. The Hall–Kier alpha value is -1.13. The van der Waals surface area contributed by atoms with Gasteiger partial charge in [0, 0.05) is 12.0 Å². The van der Waals surface area contributed by atoms with Gasteiger partial charge in [-0.3, -0.25) is 0 Å². The van der Waals surface area contributed by atoms with Gasteiger partial charge in [0.15, 0.2) is 4.21 Å². The number of aromatic nitrogens is 1. The molecule has 2 rings (SSSR count). The van der Waals surface area contributed by atoms with Gasteiger partial charge in [0.05, 0.1) is 10.7 Å².